The van der Waals surface area contributed by atoms with E-state index in [1.165, 1.54) is 10.7 Å². The highest BCUT2D eigenvalue weighted by atomic mass is 16.6. The van der Waals surface area contributed by atoms with Crippen molar-refractivity contribution in [1.82, 2.24) is 25.3 Å². The van der Waals surface area contributed by atoms with E-state index in [4.69, 9.17) is 9.47 Å². The molecule has 10 heteroatoms. The number of hydrogen-bond acceptors (Lipinski definition) is 7. The highest BCUT2D eigenvalue weighted by Gasteiger charge is 2.30. The monoisotopic (exact) mass is 404 g/mol. The molecule has 1 aliphatic rings. The van der Waals surface area contributed by atoms with Crippen molar-refractivity contribution in [1.29, 1.82) is 0 Å². The van der Waals surface area contributed by atoms with Crippen molar-refractivity contribution in [3.05, 3.63) is 34.2 Å². The van der Waals surface area contributed by atoms with Crippen molar-refractivity contribution in [2.45, 2.75) is 57.7 Å². The van der Waals surface area contributed by atoms with Crippen molar-refractivity contribution < 1.29 is 14.3 Å². The molecule has 10 nitrogen and oxygen atoms in total. The first kappa shape index (κ1) is 20.8. The second kappa shape index (κ2) is 9.55. The Morgan fingerprint density at radius 2 is 2.17 bits per heavy atom. The molecule has 158 valence electrons. The number of carbonyl (C=O) groups is 1. The number of nitrogens with zero attached hydrogens (tertiary/aromatic N) is 3. The molecule has 3 N–H and O–H groups in total. The van der Waals surface area contributed by atoms with Gasteiger partial charge in [-0.3, -0.25) is 9.89 Å². The summed E-state index contributed by atoms with van der Waals surface area (Å²) < 4.78 is 11.8. The Morgan fingerprint density at radius 1 is 1.34 bits per heavy atom. The third-order valence-corrected chi connectivity index (χ3v) is 4.73. The second-order valence-corrected chi connectivity index (χ2v) is 7.44. The van der Waals surface area contributed by atoms with Crippen LogP contribution in [-0.4, -0.2) is 51.9 Å². The van der Waals surface area contributed by atoms with Gasteiger partial charge in [0.1, 0.15) is 6.10 Å². The first-order chi connectivity index (χ1) is 13.9. The molecule has 0 bridgehead atoms. The van der Waals surface area contributed by atoms with E-state index >= 15 is 0 Å². The van der Waals surface area contributed by atoms with Gasteiger partial charge < -0.3 is 20.1 Å². The Morgan fingerprint density at radius 3 is 2.93 bits per heavy atom. The summed E-state index contributed by atoms with van der Waals surface area (Å²) in [6.45, 7) is 4.58. The van der Waals surface area contributed by atoms with Crippen molar-refractivity contribution >= 4 is 17.7 Å². The van der Waals surface area contributed by atoms with Crippen LogP contribution in [0.5, 0.6) is 0 Å². The zero-order valence-electron chi connectivity index (χ0n) is 17.0. The number of anilines is 2. The third-order valence-electron chi connectivity index (χ3n) is 4.73. The molecule has 1 amide bonds. The minimum Gasteiger partial charge on any atom is -0.446 e. The van der Waals surface area contributed by atoms with Crippen molar-refractivity contribution in [3.63, 3.8) is 0 Å². The van der Waals surface area contributed by atoms with E-state index in [-0.39, 0.29) is 29.7 Å². The number of methoxy groups -OCH3 is 1. The molecule has 1 saturated carbocycles. The summed E-state index contributed by atoms with van der Waals surface area (Å²) in [6, 6.07) is 5.05. The minimum absolute atomic E-state index is 0.0541. The van der Waals surface area contributed by atoms with Gasteiger partial charge in [-0.2, -0.15) is 10.2 Å². The fraction of sp³-hybridized carbons (Fsp3) is 0.579. The average molecular weight is 404 g/mol. The highest BCUT2D eigenvalue weighted by Crippen LogP contribution is 2.36. The molecule has 0 aliphatic heterocycles. The molecule has 0 spiro atoms. The largest absolute Gasteiger partial charge is 0.446 e. The maximum absolute atomic E-state index is 11.8. The lowest BCUT2D eigenvalue weighted by molar-refractivity contribution is 0.0981. The smallest absolute Gasteiger partial charge is 0.407 e. The Balaban J connectivity index is 1.57. The molecular formula is C19H28N6O4. The zero-order valence-corrected chi connectivity index (χ0v) is 17.0. The Kier molecular flexibility index (Phi) is 6.86. The van der Waals surface area contributed by atoms with Gasteiger partial charge >= 0.3 is 6.09 Å². The van der Waals surface area contributed by atoms with E-state index in [1.807, 2.05) is 19.9 Å². The summed E-state index contributed by atoms with van der Waals surface area (Å²) in [4.78, 5) is 23.6. The minimum atomic E-state index is -0.368. The van der Waals surface area contributed by atoms with E-state index in [0.717, 1.165) is 25.0 Å². The van der Waals surface area contributed by atoms with Crippen LogP contribution < -0.4 is 16.2 Å². The average Bonchev–Trinajstić information content (AvgIpc) is 3.31. The summed E-state index contributed by atoms with van der Waals surface area (Å²) in [5.74, 6) is 1.39. The molecule has 1 fully saturated rings. The number of alkyl carbamates (subject to hydrolysis) is 1. The number of ether oxygens (including phenoxy) is 2. The first-order valence-corrected chi connectivity index (χ1v) is 9.81. The number of aromatic nitrogens is 4. The Bertz CT molecular complexity index is 878. The van der Waals surface area contributed by atoms with Crippen LogP contribution in [0.25, 0.3) is 0 Å². The molecule has 2 heterocycles. The van der Waals surface area contributed by atoms with Crippen molar-refractivity contribution in [3.8, 4) is 0 Å². The van der Waals surface area contributed by atoms with Crippen LogP contribution in [0.4, 0.5) is 16.4 Å². The summed E-state index contributed by atoms with van der Waals surface area (Å²) >= 11 is 0. The maximum atomic E-state index is 11.8. The van der Waals surface area contributed by atoms with Crippen LogP contribution in [0.1, 0.15) is 44.7 Å². The van der Waals surface area contributed by atoms with E-state index in [9.17, 15) is 9.59 Å². The first-order valence-electron chi connectivity index (χ1n) is 9.81. The van der Waals surface area contributed by atoms with E-state index < -0.39 is 0 Å². The molecule has 29 heavy (non-hydrogen) atoms. The zero-order chi connectivity index (χ0) is 20.8. The molecule has 1 aliphatic carbocycles. The molecule has 2 aromatic heterocycles. The van der Waals surface area contributed by atoms with Crippen LogP contribution in [0.2, 0.25) is 0 Å². The summed E-state index contributed by atoms with van der Waals surface area (Å²) in [5, 5.41) is 17.5. The lowest BCUT2D eigenvalue weighted by Gasteiger charge is -2.14. The van der Waals surface area contributed by atoms with Gasteiger partial charge in [-0.05, 0) is 39.2 Å². The van der Waals surface area contributed by atoms with Gasteiger partial charge in [0, 0.05) is 36.9 Å². The van der Waals surface area contributed by atoms with Gasteiger partial charge in [0.2, 0.25) is 0 Å². The van der Waals surface area contributed by atoms with Gasteiger partial charge in [0.25, 0.3) is 5.56 Å². The molecule has 2 atom stereocenters. The number of H-pyrrole nitrogens is 1. The predicted molar refractivity (Wildman–Crippen MR) is 107 cm³/mol. The number of amides is 1. The number of nitrogens with one attached hydrogen (secondary N) is 3. The van der Waals surface area contributed by atoms with Crippen LogP contribution in [-0.2, 0) is 16.0 Å². The Hall–Kier alpha value is -2.88. The number of hydrogen-bond donors (Lipinski definition) is 3. The summed E-state index contributed by atoms with van der Waals surface area (Å²) in [5.41, 5.74) is 0.796. The lowest BCUT2D eigenvalue weighted by atomic mass is 10.0. The normalized spacial score (nSPS) is 18.8. The molecule has 3 rings (SSSR count). The van der Waals surface area contributed by atoms with Crippen molar-refractivity contribution in [2.24, 2.45) is 0 Å². The molecule has 0 radical (unpaired) electrons. The number of rotatable bonds is 8. The lowest BCUT2D eigenvalue weighted by Crippen LogP contribution is -2.33. The Labute approximate surface area is 169 Å². The SMILES string of the molecule is COCCn1nc(Nc2cc([C@H]3CC[C@@H](OC(=O)NC(C)C)C3)[nH]n2)ccc1=O. The van der Waals surface area contributed by atoms with Gasteiger partial charge in [-0.1, -0.05) is 0 Å². The molecular weight excluding hydrogens is 376 g/mol. The van der Waals surface area contributed by atoms with E-state index in [0.29, 0.717) is 24.8 Å². The van der Waals surface area contributed by atoms with Crippen LogP contribution in [0, 0.1) is 0 Å². The van der Waals surface area contributed by atoms with E-state index in [1.54, 1.807) is 13.2 Å². The third kappa shape index (κ3) is 5.80. The van der Waals surface area contributed by atoms with Gasteiger partial charge in [0.15, 0.2) is 11.6 Å². The molecule has 0 unspecified atom stereocenters. The molecule has 0 saturated heterocycles. The molecule has 0 aromatic carbocycles. The fourth-order valence-corrected chi connectivity index (χ4v) is 3.35. The highest BCUT2D eigenvalue weighted by molar-refractivity contribution is 5.67. The summed E-state index contributed by atoms with van der Waals surface area (Å²) in [7, 11) is 1.58. The fourth-order valence-electron chi connectivity index (χ4n) is 3.35. The van der Waals surface area contributed by atoms with Crippen LogP contribution in [0.15, 0.2) is 23.0 Å². The quantitative estimate of drug-likeness (QED) is 0.616. The van der Waals surface area contributed by atoms with E-state index in [2.05, 4.69) is 25.9 Å². The van der Waals surface area contributed by atoms with Crippen molar-refractivity contribution in [2.75, 3.05) is 19.0 Å². The summed E-state index contributed by atoms with van der Waals surface area (Å²) in [6.07, 6.45) is 2.04. The number of aromatic amines is 1. The standard InChI is InChI=1S/C19H28N6O4/c1-12(2)20-19(27)29-14-5-4-13(10-14)15-11-17(23-22-15)21-16-6-7-18(26)25(24-16)8-9-28-3/h6-7,11-14H,4-5,8-10H2,1-3H3,(H,20,27)(H2,21,22,23,24)/t13-,14+/m0/s1. The maximum Gasteiger partial charge on any atom is 0.407 e. The van der Waals surface area contributed by atoms with Gasteiger partial charge in [0.05, 0.1) is 13.2 Å². The van der Waals surface area contributed by atoms with Crippen LogP contribution >= 0.6 is 0 Å². The van der Waals surface area contributed by atoms with Gasteiger partial charge in [-0.25, -0.2) is 9.48 Å². The van der Waals surface area contributed by atoms with Crippen LogP contribution in [0.3, 0.4) is 0 Å². The molecule has 2 aromatic rings. The second-order valence-electron chi connectivity index (χ2n) is 7.44. The predicted octanol–water partition coefficient (Wildman–Crippen LogP) is 2.13. The van der Waals surface area contributed by atoms with Gasteiger partial charge in [-0.15, -0.1) is 0 Å². The number of carbonyl (C=O) groups excluding carboxylic acids is 1. The topological polar surface area (TPSA) is 123 Å².